The van der Waals surface area contributed by atoms with Gasteiger partial charge in [-0.25, -0.2) is 0 Å². The van der Waals surface area contributed by atoms with Crippen LogP contribution in [0.15, 0.2) is 12.2 Å². The van der Waals surface area contributed by atoms with E-state index in [2.05, 4.69) is 32.9 Å². The number of hydrogen-bond acceptors (Lipinski definition) is 6. The van der Waals surface area contributed by atoms with Crippen LogP contribution in [-0.2, 0) is 28.6 Å². The lowest BCUT2D eigenvalue weighted by atomic mass is 10.0. The van der Waals surface area contributed by atoms with Crippen molar-refractivity contribution in [3.63, 3.8) is 0 Å². The lowest BCUT2D eigenvalue weighted by molar-refractivity contribution is -0.167. The first-order chi connectivity index (χ1) is 29.5. The van der Waals surface area contributed by atoms with Crippen LogP contribution in [0.25, 0.3) is 0 Å². The van der Waals surface area contributed by atoms with Crippen molar-refractivity contribution >= 4 is 17.9 Å². The molecule has 0 spiro atoms. The molecule has 0 fully saturated rings. The molecule has 0 aromatic rings. The molecule has 354 valence electrons. The molecule has 0 aromatic carbocycles. The first-order valence-corrected chi connectivity index (χ1v) is 26.7. The van der Waals surface area contributed by atoms with Gasteiger partial charge >= 0.3 is 17.9 Å². The van der Waals surface area contributed by atoms with Gasteiger partial charge in [-0.1, -0.05) is 251 Å². The van der Waals surface area contributed by atoms with Crippen molar-refractivity contribution in [2.45, 2.75) is 303 Å². The Balaban J connectivity index is 4.29. The maximum absolute atomic E-state index is 12.8. The summed E-state index contributed by atoms with van der Waals surface area (Å²) < 4.78 is 16.8. The summed E-state index contributed by atoms with van der Waals surface area (Å²) in [5.41, 5.74) is 0. The van der Waals surface area contributed by atoms with E-state index in [-0.39, 0.29) is 31.1 Å². The predicted molar refractivity (Wildman–Crippen MR) is 256 cm³/mol. The van der Waals surface area contributed by atoms with E-state index >= 15 is 0 Å². The van der Waals surface area contributed by atoms with E-state index in [0.29, 0.717) is 19.3 Å². The van der Waals surface area contributed by atoms with Crippen LogP contribution in [0.2, 0.25) is 0 Å². The fourth-order valence-electron chi connectivity index (χ4n) is 7.95. The molecule has 6 heteroatoms. The SMILES string of the molecule is CCCC/C=C\CCCCCCCC(=O)OCC(COC(=O)CCCCCCCCCCCCCCCCCCC)OC(=O)CCCCCCCCCCCCCCCC. The van der Waals surface area contributed by atoms with E-state index in [9.17, 15) is 14.4 Å². The Kier molecular flexibility index (Phi) is 48.3. The summed E-state index contributed by atoms with van der Waals surface area (Å²) in [6.07, 6.45) is 54.8. The zero-order valence-corrected chi connectivity index (χ0v) is 40.5. The average Bonchev–Trinajstić information content (AvgIpc) is 3.24. The summed E-state index contributed by atoms with van der Waals surface area (Å²) >= 11 is 0. The molecule has 60 heavy (non-hydrogen) atoms. The number of esters is 3. The Labute approximate surface area is 373 Å². The molecular formula is C54H102O6. The van der Waals surface area contributed by atoms with E-state index < -0.39 is 6.10 Å². The lowest BCUT2D eigenvalue weighted by Gasteiger charge is -2.18. The second kappa shape index (κ2) is 49.8. The summed E-state index contributed by atoms with van der Waals surface area (Å²) in [4.78, 5) is 37.9. The fourth-order valence-corrected chi connectivity index (χ4v) is 7.95. The van der Waals surface area contributed by atoms with Gasteiger partial charge in [-0.2, -0.15) is 0 Å². The molecule has 0 radical (unpaired) electrons. The summed E-state index contributed by atoms with van der Waals surface area (Å²) in [7, 11) is 0. The minimum Gasteiger partial charge on any atom is -0.462 e. The van der Waals surface area contributed by atoms with Crippen LogP contribution in [0.3, 0.4) is 0 Å². The van der Waals surface area contributed by atoms with Crippen molar-refractivity contribution in [1.29, 1.82) is 0 Å². The topological polar surface area (TPSA) is 78.9 Å². The highest BCUT2D eigenvalue weighted by atomic mass is 16.6. The van der Waals surface area contributed by atoms with Crippen molar-refractivity contribution in [1.82, 2.24) is 0 Å². The zero-order chi connectivity index (χ0) is 43.7. The van der Waals surface area contributed by atoms with Gasteiger partial charge < -0.3 is 14.2 Å². The van der Waals surface area contributed by atoms with E-state index in [0.717, 1.165) is 64.2 Å². The summed E-state index contributed by atoms with van der Waals surface area (Å²) in [6.45, 7) is 6.64. The van der Waals surface area contributed by atoms with Gasteiger partial charge in [0.1, 0.15) is 13.2 Å². The molecule has 1 unspecified atom stereocenters. The minimum absolute atomic E-state index is 0.0670. The molecule has 0 heterocycles. The predicted octanol–water partition coefficient (Wildman–Crippen LogP) is 17.4. The van der Waals surface area contributed by atoms with E-state index in [1.54, 1.807) is 0 Å². The Morgan fingerprint density at radius 2 is 0.567 bits per heavy atom. The van der Waals surface area contributed by atoms with Crippen LogP contribution in [0.5, 0.6) is 0 Å². The van der Waals surface area contributed by atoms with Crippen molar-refractivity contribution < 1.29 is 28.6 Å². The van der Waals surface area contributed by atoms with Crippen LogP contribution in [-0.4, -0.2) is 37.2 Å². The minimum atomic E-state index is -0.766. The number of allylic oxidation sites excluding steroid dienone is 2. The number of unbranched alkanes of at least 4 members (excludes halogenated alkanes) is 36. The van der Waals surface area contributed by atoms with Gasteiger partial charge in [0.15, 0.2) is 6.10 Å². The second-order valence-electron chi connectivity index (χ2n) is 18.2. The second-order valence-corrected chi connectivity index (χ2v) is 18.2. The molecule has 0 aliphatic heterocycles. The van der Waals surface area contributed by atoms with Gasteiger partial charge in [-0.05, 0) is 38.5 Å². The molecular weight excluding hydrogens is 745 g/mol. The Morgan fingerprint density at radius 1 is 0.317 bits per heavy atom. The maximum atomic E-state index is 12.8. The fraction of sp³-hybridized carbons (Fsp3) is 0.907. The number of ether oxygens (including phenoxy) is 3. The Hall–Kier alpha value is -1.85. The first-order valence-electron chi connectivity index (χ1n) is 26.7. The van der Waals surface area contributed by atoms with Crippen LogP contribution < -0.4 is 0 Å². The van der Waals surface area contributed by atoms with E-state index in [1.807, 2.05) is 0 Å². The average molecular weight is 847 g/mol. The molecule has 0 aromatic heterocycles. The summed E-state index contributed by atoms with van der Waals surface area (Å²) in [6, 6.07) is 0. The Morgan fingerprint density at radius 3 is 0.883 bits per heavy atom. The molecule has 0 aliphatic rings. The van der Waals surface area contributed by atoms with Gasteiger partial charge in [0.25, 0.3) is 0 Å². The number of carbonyl (C=O) groups excluding carboxylic acids is 3. The third-order valence-electron chi connectivity index (χ3n) is 12.0. The van der Waals surface area contributed by atoms with E-state index in [1.165, 1.54) is 193 Å². The third kappa shape index (κ3) is 47.2. The number of rotatable bonds is 49. The smallest absolute Gasteiger partial charge is 0.306 e. The van der Waals surface area contributed by atoms with Crippen LogP contribution in [0.4, 0.5) is 0 Å². The van der Waals surface area contributed by atoms with Crippen LogP contribution in [0.1, 0.15) is 297 Å². The standard InChI is InChI=1S/C54H102O6/c1-4-7-10-13-16-19-22-24-26-27-28-30-32-35-38-41-44-47-53(56)59-50-51(49-58-52(55)46-43-40-37-34-31-21-18-15-12-9-6-3)60-54(57)48-45-42-39-36-33-29-25-23-20-17-14-11-8-5-2/h15,18,51H,4-14,16-17,19-50H2,1-3H3/b18-15-. The van der Waals surface area contributed by atoms with Gasteiger partial charge in [-0.3, -0.25) is 14.4 Å². The monoisotopic (exact) mass is 847 g/mol. The molecule has 0 saturated carbocycles. The zero-order valence-electron chi connectivity index (χ0n) is 40.5. The lowest BCUT2D eigenvalue weighted by Crippen LogP contribution is -2.30. The maximum Gasteiger partial charge on any atom is 0.306 e. The summed E-state index contributed by atoms with van der Waals surface area (Å²) in [5, 5.41) is 0. The van der Waals surface area contributed by atoms with Crippen molar-refractivity contribution in [3.05, 3.63) is 12.2 Å². The van der Waals surface area contributed by atoms with Crippen molar-refractivity contribution in [2.24, 2.45) is 0 Å². The normalized spacial score (nSPS) is 12.0. The Bertz CT molecular complexity index is 931. The highest BCUT2D eigenvalue weighted by Crippen LogP contribution is 2.17. The molecule has 0 aliphatic carbocycles. The quantitative estimate of drug-likeness (QED) is 0.0263. The van der Waals surface area contributed by atoms with Crippen LogP contribution >= 0.6 is 0 Å². The van der Waals surface area contributed by atoms with E-state index in [4.69, 9.17) is 14.2 Å². The van der Waals surface area contributed by atoms with Gasteiger partial charge in [0.2, 0.25) is 0 Å². The van der Waals surface area contributed by atoms with Gasteiger partial charge in [-0.15, -0.1) is 0 Å². The molecule has 0 rings (SSSR count). The van der Waals surface area contributed by atoms with Crippen molar-refractivity contribution in [2.75, 3.05) is 13.2 Å². The first kappa shape index (κ1) is 58.1. The van der Waals surface area contributed by atoms with Gasteiger partial charge in [0.05, 0.1) is 0 Å². The third-order valence-corrected chi connectivity index (χ3v) is 12.0. The highest BCUT2D eigenvalue weighted by Gasteiger charge is 2.19. The molecule has 1 atom stereocenters. The highest BCUT2D eigenvalue weighted by molar-refractivity contribution is 5.71. The summed E-state index contributed by atoms with van der Waals surface area (Å²) in [5.74, 6) is -0.858. The largest absolute Gasteiger partial charge is 0.462 e. The van der Waals surface area contributed by atoms with Crippen LogP contribution in [0, 0.1) is 0 Å². The molecule has 0 bridgehead atoms. The molecule has 0 amide bonds. The van der Waals surface area contributed by atoms with Crippen molar-refractivity contribution in [3.8, 4) is 0 Å². The molecule has 0 N–H and O–H groups in total. The molecule has 0 saturated heterocycles. The number of hydrogen-bond donors (Lipinski definition) is 0. The number of carbonyl (C=O) groups is 3. The van der Waals surface area contributed by atoms with Gasteiger partial charge in [0, 0.05) is 19.3 Å². The molecule has 6 nitrogen and oxygen atoms in total.